The summed E-state index contributed by atoms with van der Waals surface area (Å²) in [6.45, 7) is 1.96. The Balaban J connectivity index is 1.94. The van der Waals surface area contributed by atoms with E-state index in [1.807, 2.05) is 0 Å². The van der Waals surface area contributed by atoms with Crippen molar-refractivity contribution in [3.63, 3.8) is 0 Å². The number of ether oxygens (including phenoxy) is 2. The first-order valence-corrected chi connectivity index (χ1v) is 6.98. The van der Waals surface area contributed by atoms with E-state index < -0.39 is 0 Å². The Labute approximate surface area is 119 Å². The normalized spacial score (nSPS) is 13.1. The summed E-state index contributed by atoms with van der Waals surface area (Å²) in [5.74, 6) is 1.31. The van der Waals surface area contributed by atoms with Crippen LogP contribution in [0.2, 0.25) is 0 Å². The third-order valence-corrected chi connectivity index (χ3v) is 3.29. The van der Waals surface area contributed by atoms with Crippen molar-refractivity contribution < 1.29 is 19.4 Å². The van der Waals surface area contributed by atoms with Crippen LogP contribution in [-0.2, 0) is 0 Å². The molecule has 1 heterocycles. The van der Waals surface area contributed by atoms with Gasteiger partial charge in [0.25, 0.3) is 5.91 Å². The first-order chi connectivity index (χ1) is 9.72. The molecule has 1 aliphatic rings. The second kappa shape index (κ2) is 7.14. The molecule has 0 fully saturated rings. The molecule has 0 unspecified atom stereocenters. The van der Waals surface area contributed by atoms with Crippen LogP contribution >= 0.6 is 0 Å². The summed E-state index contributed by atoms with van der Waals surface area (Å²) in [4.78, 5) is 14.0. The van der Waals surface area contributed by atoms with E-state index in [-0.39, 0.29) is 12.5 Å². The lowest BCUT2D eigenvalue weighted by Crippen LogP contribution is -2.28. The van der Waals surface area contributed by atoms with Gasteiger partial charge in [0.2, 0.25) is 0 Å². The summed E-state index contributed by atoms with van der Waals surface area (Å²) in [5.41, 5.74) is 0.610. The third kappa shape index (κ3) is 3.63. The van der Waals surface area contributed by atoms with Gasteiger partial charge in [-0.25, -0.2) is 0 Å². The van der Waals surface area contributed by atoms with Crippen LogP contribution in [-0.4, -0.2) is 49.3 Å². The van der Waals surface area contributed by atoms with Gasteiger partial charge in [0, 0.05) is 25.8 Å². The Bertz CT molecular complexity index is 461. The quantitative estimate of drug-likeness (QED) is 0.805. The van der Waals surface area contributed by atoms with E-state index in [1.165, 1.54) is 0 Å². The highest BCUT2D eigenvalue weighted by molar-refractivity contribution is 5.94. The highest BCUT2D eigenvalue weighted by atomic mass is 16.6. The molecular weight excluding hydrogens is 258 g/mol. The van der Waals surface area contributed by atoms with Crippen molar-refractivity contribution in [2.75, 3.05) is 33.4 Å². The minimum absolute atomic E-state index is 0.0222. The number of carbonyl (C=O) groups is 1. The number of hydrogen-bond acceptors (Lipinski definition) is 4. The molecule has 1 amide bonds. The van der Waals surface area contributed by atoms with Gasteiger partial charge in [-0.05, 0) is 37.5 Å². The maximum Gasteiger partial charge on any atom is 0.253 e. The molecule has 110 valence electrons. The van der Waals surface area contributed by atoms with Crippen LogP contribution in [0.1, 0.15) is 29.6 Å². The number of hydrogen-bond donors (Lipinski definition) is 1. The van der Waals surface area contributed by atoms with E-state index in [4.69, 9.17) is 14.6 Å². The standard InChI is InChI=1S/C15H21NO4/c1-16(7-3-2-4-8-17)15(18)12-5-6-13-14(11-12)20-10-9-19-13/h5-6,11,17H,2-4,7-10H2,1H3. The van der Waals surface area contributed by atoms with E-state index in [1.54, 1.807) is 30.1 Å². The zero-order chi connectivity index (χ0) is 14.4. The van der Waals surface area contributed by atoms with Gasteiger partial charge in [-0.2, -0.15) is 0 Å². The minimum atomic E-state index is -0.0222. The second-order valence-electron chi connectivity index (χ2n) is 4.87. The lowest BCUT2D eigenvalue weighted by molar-refractivity contribution is 0.0791. The van der Waals surface area contributed by atoms with Crippen molar-refractivity contribution in [1.29, 1.82) is 0 Å². The van der Waals surface area contributed by atoms with Gasteiger partial charge in [0.05, 0.1) is 0 Å². The molecule has 0 saturated heterocycles. The average molecular weight is 279 g/mol. The zero-order valence-corrected chi connectivity index (χ0v) is 11.8. The number of nitrogens with zero attached hydrogens (tertiary/aromatic N) is 1. The van der Waals surface area contributed by atoms with E-state index >= 15 is 0 Å². The van der Waals surface area contributed by atoms with E-state index in [2.05, 4.69) is 0 Å². The zero-order valence-electron chi connectivity index (χ0n) is 11.8. The van der Waals surface area contributed by atoms with Gasteiger partial charge >= 0.3 is 0 Å². The molecular formula is C15H21NO4. The van der Waals surface area contributed by atoms with Crippen molar-refractivity contribution in [2.24, 2.45) is 0 Å². The van der Waals surface area contributed by atoms with Gasteiger partial charge in [0.1, 0.15) is 13.2 Å². The maximum absolute atomic E-state index is 12.3. The van der Waals surface area contributed by atoms with Crippen LogP contribution in [0, 0.1) is 0 Å². The lowest BCUT2D eigenvalue weighted by atomic mass is 10.1. The summed E-state index contributed by atoms with van der Waals surface area (Å²) in [7, 11) is 1.79. The van der Waals surface area contributed by atoms with E-state index in [9.17, 15) is 4.79 Å². The van der Waals surface area contributed by atoms with Crippen molar-refractivity contribution in [1.82, 2.24) is 4.90 Å². The molecule has 1 aromatic carbocycles. The summed E-state index contributed by atoms with van der Waals surface area (Å²) in [6, 6.07) is 5.28. The molecule has 2 rings (SSSR count). The molecule has 20 heavy (non-hydrogen) atoms. The number of unbranched alkanes of at least 4 members (excludes halogenated alkanes) is 2. The van der Waals surface area contributed by atoms with Gasteiger partial charge in [0.15, 0.2) is 11.5 Å². The fraction of sp³-hybridized carbons (Fsp3) is 0.533. The topological polar surface area (TPSA) is 59.0 Å². The number of amides is 1. The predicted octanol–water partition coefficient (Wildman–Crippen LogP) is 1.69. The number of fused-ring (bicyclic) bond motifs is 1. The van der Waals surface area contributed by atoms with Crippen molar-refractivity contribution in [3.05, 3.63) is 23.8 Å². The minimum Gasteiger partial charge on any atom is -0.486 e. The van der Waals surface area contributed by atoms with Gasteiger partial charge in [-0.1, -0.05) is 0 Å². The number of benzene rings is 1. The van der Waals surface area contributed by atoms with Crippen LogP contribution in [0.5, 0.6) is 11.5 Å². The van der Waals surface area contributed by atoms with E-state index in [0.717, 1.165) is 19.3 Å². The first kappa shape index (κ1) is 14.7. The second-order valence-corrected chi connectivity index (χ2v) is 4.87. The Morgan fingerprint density at radius 3 is 2.70 bits per heavy atom. The Hall–Kier alpha value is -1.75. The molecule has 0 spiro atoms. The highest BCUT2D eigenvalue weighted by Crippen LogP contribution is 2.31. The fourth-order valence-electron chi connectivity index (χ4n) is 2.14. The smallest absolute Gasteiger partial charge is 0.253 e. The van der Waals surface area contributed by atoms with Crippen molar-refractivity contribution in [3.8, 4) is 11.5 Å². The number of aliphatic hydroxyl groups is 1. The first-order valence-electron chi connectivity index (χ1n) is 6.98. The molecule has 0 atom stereocenters. The monoisotopic (exact) mass is 279 g/mol. The molecule has 1 aliphatic heterocycles. The van der Waals surface area contributed by atoms with Crippen LogP contribution in [0.4, 0.5) is 0 Å². The van der Waals surface area contributed by atoms with E-state index in [0.29, 0.717) is 36.8 Å². The number of rotatable bonds is 6. The average Bonchev–Trinajstić information content (AvgIpc) is 2.50. The van der Waals surface area contributed by atoms with Gasteiger partial charge in [-0.3, -0.25) is 4.79 Å². The van der Waals surface area contributed by atoms with Crippen LogP contribution in [0.15, 0.2) is 18.2 Å². The summed E-state index contributed by atoms with van der Waals surface area (Å²) in [6.07, 6.45) is 2.61. The van der Waals surface area contributed by atoms with Crippen LogP contribution < -0.4 is 9.47 Å². The van der Waals surface area contributed by atoms with Crippen molar-refractivity contribution in [2.45, 2.75) is 19.3 Å². The lowest BCUT2D eigenvalue weighted by Gasteiger charge is -2.21. The summed E-state index contributed by atoms with van der Waals surface area (Å²) in [5, 5.41) is 8.72. The Morgan fingerprint density at radius 2 is 1.95 bits per heavy atom. The van der Waals surface area contributed by atoms with Crippen LogP contribution in [0.3, 0.4) is 0 Å². The fourth-order valence-corrected chi connectivity index (χ4v) is 2.14. The largest absolute Gasteiger partial charge is 0.486 e. The molecule has 5 nitrogen and oxygen atoms in total. The molecule has 1 N–H and O–H groups in total. The third-order valence-electron chi connectivity index (χ3n) is 3.29. The Kier molecular flexibility index (Phi) is 5.24. The SMILES string of the molecule is CN(CCCCCO)C(=O)c1ccc2c(c1)OCCO2. The molecule has 0 saturated carbocycles. The molecule has 1 aromatic rings. The number of carbonyl (C=O) groups excluding carboxylic acids is 1. The Morgan fingerprint density at radius 1 is 1.20 bits per heavy atom. The van der Waals surface area contributed by atoms with Crippen molar-refractivity contribution >= 4 is 5.91 Å². The molecule has 0 bridgehead atoms. The molecule has 0 aliphatic carbocycles. The number of aliphatic hydroxyl groups excluding tert-OH is 1. The predicted molar refractivity (Wildman–Crippen MR) is 75.3 cm³/mol. The highest BCUT2D eigenvalue weighted by Gasteiger charge is 2.17. The molecule has 0 aromatic heterocycles. The molecule has 0 radical (unpaired) electrons. The maximum atomic E-state index is 12.3. The van der Waals surface area contributed by atoms with Crippen LogP contribution in [0.25, 0.3) is 0 Å². The van der Waals surface area contributed by atoms with Gasteiger partial charge in [-0.15, -0.1) is 0 Å². The summed E-state index contributed by atoms with van der Waals surface area (Å²) < 4.78 is 10.9. The summed E-state index contributed by atoms with van der Waals surface area (Å²) >= 11 is 0. The molecule has 5 heteroatoms. The van der Waals surface area contributed by atoms with Gasteiger partial charge < -0.3 is 19.5 Å².